The van der Waals surface area contributed by atoms with Gasteiger partial charge >= 0.3 is 12.1 Å². The molecule has 0 saturated heterocycles. The lowest BCUT2D eigenvalue weighted by Crippen LogP contribution is -2.43. The fourth-order valence-electron chi connectivity index (χ4n) is 4.59. The molecule has 9 heteroatoms. The van der Waals surface area contributed by atoms with Crippen molar-refractivity contribution in [3.63, 3.8) is 0 Å². The van der Waals surface area contributed by atoms with E-state index in [1.165, 1.54) is 11.1 Å². The zero-order valence-corrected chi connectivity index (χ0v) is 21.2. The highest BCUT2D eigenvalue weighted by Gasteiger charge is 2.38. The fourth-order valence-corrected chi connectivity index (χ4v) is 4.59. The average Bonchev–Trinajstić information content (AvgIpc) is 2.88. The molecule has 3 aromatic carbocycles. The quantitative estimate of drug-likeness (QED) is 0.347. The van der Waals surface area contributed by atoms with Crippen molar-refractivity contribution in [1.29, 1.82) is 5.26 Å². The van der Waals surface area contributed by atoms with E-state index in [-0.39, 0.29) is 18.0 Å². The summed E-state index contributed by atoms with van der Waals surface area (Å²) < 4.78 is 31.7. The Bertz CT molecular complexity index is 1330. The number of fused-ring (bicyclic) bond motifs is 2. The van der Waals surface area contributed by atoms with Crippen LogP contribution in [0.3, 0.4) is 0 Å². The minimum atomic E-state index is -5.08. The average molecular weight is 526 g/mol. The van der Waals surface area contributed by atoms with Crippen molar-refractivity contribution in [3.05, 3.63) is 77.4 Å². The fraction of sp³-hybridized carbons (Fsp3) is 0.345. The van der Waals surface area contributed by atoms with E-state index in [1.807, 2.05) is 36.4 Å². The van der Waals surface area contributed by atoms with E-state index in [1.54, 1.807) is 0 Å². The first kappa shape index (κ1) is 28.5. The number of nitriles is 1. The second kappa shape index (κ2) is 12.5. The van der Waals surface area contributed by atoms with Crippen molar-refractivity contribution in [2.45, 2.75) is 57.8 Å². The summed E-state index contributed by atoms with van der Waals surface area (Å²) in [7, 11) is 0. The van der Waals surface area contributed by atoms with Gasteiger partial charge in [0.2, 0.25) is 5.91 Å². The third-order valence-corrected chi connectivity index (χ3v) is 6.33. The predicted octanol–water partition coefficient (Wildman–Crippen LogP) is 6.37. The van der Waals surface area contributed by atoms with Crippen LogP contribution in [-0.4, -0.2) is 29.2 Å². The molecule has 0 heterocycles. The summed E-state index contributed by atoms with van der Waals surface area (Å²) in [6.07, 6.45) is -1.22. The largest absolute Gasteiger partial charge is 0.490 e. The molecule has 6 nitrogen and oxygen atoms in total. The Morgan fingerprint density at radius 2 is 1.68 bits per heavy atom. The van der Waals surface area contributed by atoms with Crippen LogP contribution in [0.1, 0.15) is 55.8 Å². The molecule has 0 spiro atoms. The van der Waals surface area contributed by atoms with E-state index in [2.05, 4.69) is 54.8 Å². The molecule has 1 aliphatic carbocycles. The van der Waals surface area contributed by atoms with Gasteiger partial charge < -0.3 is 15.7 Å². The molecule has 3 aromatic rings. The van der Waals surface area contributed by atoms with Crippen molar-refractivity contribution in [2.24, 2.45) is 5.92 Å². The second-order valence-corrected chi connectivity index (χ2v) is 9.60. The van der Waals surface area contributed by atoms with Gasteiger partial charge in [0.15, 0.2) is 0 Å². The minimum absolute atomic E-state index is 0.0313. The summed E-state index contributed by atoms with van der Waals surface area (Å²) in [4.78, 5) is 22.3. The number of benzene rings is 3. The molecule has 0 bridgehead atoms. The second-order valence-electron chi connectivity index (χ2n) is 9.60. The van der Waals surface area contributed by atoms with Gasteiger partial charge in [-0.2, -0.15) is 18.4 Å². The number of nitrogens with one attached hydrogen (secondary N) is 2. The smallest absolute Gasteiger partial charge is 0.475 e. The number of anilines is 1. The van der Waals surface area contributed by atoms with Crippen LogP contribution in [0.4, 0.5) is 18.9 Å². The maximum atomic E-state index is 13.4. The maximum Gasteiger partial charge on any atom is 0.490 e. The van der Waals surface area contributed by atoms with E-state index in [4.69, 9.17) is 9.90 Å². The Morgan fingerprint density at radius 3 is 2.32 bits per heavy atom. The van der Waals surface area contributed by atoms with E-state index in [0.29, 0.717) is 11.5 Å². The minimum Gasteiger partial charge on any atom is -0.475 e. The first-order chi connectivity index (χ1) is 18.0. The van der Waals surface area contributed by atoms with Gasteiger partial charge in [-0.15, -0.1) is 0 Å². The van der Waals surface area contributed by atoms with Gasteiger partial charge in [0, 0.05) is 16.5 Å². The Kier molecular flexibility index (Phi) is 9.35. The van der Waals surface area contributed by atoms with Crippen LogP contribution in [0.2, 0.25) is 0 Å². The lowest BCUT2D eigenvalue weighted by Gasteiger charge is -2.29. The number of carboxylic acids is 1. The first-order valence-electron chi connectivity index (χ1n) is 12.4. The molecule has 200 valence electrons. The molecule has 0 aromatic heterocycles. The van der Waals surface area contributed by atoms with Crippen LogP contribution in [-0.2, 0) is 16.0 Å². The third-order valence-electron chi connectivity index (χ3n) is 6.33. The zero-order valence-electron chi connectivity index (χ0n) is 21.2. The number of carboxylic acid groups (broad SMARTS) is 1. The Balaban J connectivity index is 0.000000505. The zero-order chi connectivity index (χ0) is 27.9. The van der Waals surface area contributed by atoms with Crippen LogP contribution >= 0.6 is 0 Å². The van der Waals surface area contributed by atoms with Gasteiger partial charge in [-0.3, -0.25) is 4.79 Å². The predicted molar refractivity (Wildman–Crippen MR) is 139 cm³/mol. The van der Waals surface area contributed by atoms with Gasteiger partial charge in [0.25, 0.3) is 0 Å². The maximum absolute atomic E-state index is 13.4. The molecule has 0 saturated carbocycles. The standard InChI is InChI=1S/C27H29N3O.C2HF3O2/c1-18(2)16-26(27(31)30-24-13-7-9-19-8-3-4-11-22(19)24)29-25-15-14-20(17-28)21-10-5-6-12-23(21)25;3-2(4,5)1(6)7/h3-6,8,10-12,14-15,18,24,26,29H,7,9,13,16H2,1-2H3,(H,30,31);(H,6,7)/t24-,26+;/m1./s1. The number of hydrogen-bond acceptors (Lipinski definition) is 4. The first-order valence-corrected chi connectivity index (χ1v) is 12.4. The summed E-state index contributed by atoms with van der Waals surface area (Å²) >= 11 is 0. The SMILES string of the molecule is CC(C)C[C@H](Nc1ccc(C#N)c2ccccc12)C(=O)N[C@@H]1CCCc2ccccc21.O=C(O)C(F)(F)F. The molecule has 0 aliphatic heterocycles. The van der Waals surface area contributed by atoms with Crippen LogP contribution in [0, 0.1) is 17.2 Å². The molecule has 0 fully saturated rings. The summed E-state index contributed by atoms with van der Waals surface area (Å²) in [5, 5.41) is 25.2. The highest BCUT2D eigenvalue weighted by Crippen LogP contribution is 2.31. The van der Waals surface area contributed by atoms with Crippen LogP contribution in [0.5, 0.6) is 0 Å². The van der Waals surface area contributed by atoms with Gasteiger partial charge in [-0.25, -0.2) is 4.79 Å². The number of hydrogen-bond donors (Lipinski definition) is 3. The number of carbonyl (C=O) groups excluding carboxylic acids is 1. The molecule has 2 atom stereocenters. The number of rotatable bonds is 6. The van der Waals surface area contributed by atoms with Crippen molar-refractivity contribution in [1.82, 2.24) is 5.32 Å². The van der Waals surface area contributed by atoms with E-state index in [9.17, 15) is 23.2 Å². The summed E-state index contributed by atoms with van der Waals surface area (Å²) in [5.74, 6) is -2.36. The van der Waals surface area contributed by atoms with Gasteiger partial charge in [-0.05, 0) is 54.9 Å². The summed E-state index contributed by atoms with van der Waals surface area (Å²) in [6.45, 7) is 4.27. The van der Waals surface area contributed by atoms with Gasteiger partial charge in [0.1, 0.15) is 6.04 Å². The van der Waals surface area contributed by atoms with Crippen molar-refractivity contribution in [3.8, 4) is 6.07 Å². The molecule has 0 unspecified atom stereocenters. The van der Waals surface area contributed by atoms with Gasteiger partial charge in [0.05, 0.1) is 17.7 Å². The van der Waals surface area contributed by atoms with Crippen molar-refractivity contribution in [2.75, 3.05) is 5.32 Å². The Hall–Kier alpha value is -4.06. The number of amides is 1. The van der Waals surface area contributed by atoms with E-state index >= 15 is 0 Å². The third kappa shape index (κ3) is 7.25. The van der Waals surface area contributed by atoms with E-state index < -0.39 is 12.1 Å². The van der Waals surface area contributed by atoms with Crippen LogP contribution < -0.4 is 10.6 Å². The van der Waals surface area contributed by atoms with Crippen molar-refractivity contribution >= 4 is 28.3 Å². The molecule has 1 aliphatic rings. The number of halogens is 3. The molecule has 38 heavy (non-hydrogen) atoms. The number of alkyl halides is 3. The molecule has 0 radical (unpaired) electrons. The number of aryl methyl sites for hydroxylation is 1. The van der Waals surface area contributed by atoms with Gasteiger partial charge in [-0.1, -0.05) is 62.4 Å². The lowest BCUT2D eigenvalue weighted by atomic mass is 9.87. The van der Waals surface area contributed by atoms with E-state index in [0.717, 1.165) is 42.1 Å². The molecule has 4 rings (SSSR count). The van der Waals surface area contributed by atoms with Crippen molar-refractivity contribution < 1.29 is 27.9 Å². The Labute approximate surface area is 219 Å². The number of aliphatic carboxylic acids is 1. The van der Waals surface area contributed by atoms with Crippen LogP contribution in [0.15, 0.2) is 60.7 Å². The highest BCUT2D eigenvalue weighted by molar-refractivity contribution is 5.99. The Morgan fingerprint density at radius 1 is 1.05 bits per heavy atom. The molecular weight excluding hydrogens is 495 g/mol. The van der Waals surface area contributed by atoms with Crippen LogP contribution in [0.25, 0.3) is 10.8 Å². The highest BCUT2D eigenvalue weighted by atomic mass is 19.4. The lowest BCUT2D eigenvalue weighted by molar-refractivity contribution is -0.192. The molecular formula is C29H30F3N3O3. The number of carbonyl (C=O) groups is 2. The number of nitrogens with zero attached hydrogens (tertiary/aromatic N) is 1. The molecule has 1 amide bonds. The monoisotopic (exact) mass is 525 g/mol. The topological polar surface area (TPSA) is 102 Å². The summed E-state index contributed by atoms with van der Waals surface area (Å²) in [6, 6.07) is 22.0. The normalized spacial score (nSPS) is 15.4. The summed E-state index contributed by atoms with van der Waals surface area (Å²) in [5.41, 5.74) is 4.11. The molecule has 3 N–H and O–H groups in total.